The number of nitrogens with two attached hydrogens (primary N) is 1. The minimum atomic E-state index is -0.156. The molecule has 2 aromatic carbocycles. The average Bonchev–Trinajstić information content (AvgIpc) is 2.45. The van der Waals surface area contributed by atoms with Crippen LogP contribution < -0.4 is 5.73 Å². The van der Waals surface area contributed by atoms with Crippen LogP contribution in [0.2, 0.25) is 0 Å². The van der Waals surface area contributed by atoms with E-state index in [1.165, 1.54) is 16.7 Å². The molecule has 2 rings (SSSR count). The fraction of sp³-hybridized carbons (Fsp3) is 0.333. The molecule has 2 heteroatoms. The lowest BCUT2D eigenvalue weighted by atomic mass is 9.95. The van der Waals surface area contributed by atoms with Crippen LogP contribution in [0.5, 0.6) is 0 Å². The highest BCUT2D eigenvalue weighted by atomic mass is 19.1. The van der Waals surface area contributed by atoms with Crippen molar-refractivity contribution in [3.8, 4) is 0 Å². The second kappa shape index (κ2) is 7.20. The first-order chi connectivity index (χ1) is 9.70. The molecule has 0 atom stereocenters. The molecule has 106 valence electrons. The normalized spacial score (nSPS) is 10.8. The van der Waals surface area contributed by atoms with Gasteiger partial charge >= 0.3 is 0 Å². The number of halogens is 1. The molecule has 0 bridgehead atoms. The molecule has 0 fully saturated rings. The van der Waals surface area contributed by atoms with Gasteiger partial charge < -0.3 is 5.73 Å². The minimum absolute atomic E-state index is 0.156. The van der Waals surface area contributed by atoms with Crippen molar-refractivity contribution in [1.29, 1.82) is 0 Å². The van der Waals surface area contributed by atoms with Crippen LogP contribution in [0.4, 0.5) is 4.39 Å². The standard InChI is InChI=1S/C18H22FN/c1-14-5-2-3-6-15(14)8-9-16-10-11-18(19)13-17(16)7-4-12-20/h2-3,5-6,10-11,13H,4,7-9,12,20H2,1H3. The summed E-state index contributed by atoms with van der Waals surface area (Å²) in [5, 5.41) is 0. The smallest absolute Gasteiger partial charge is 0.123 e. The molecule has 0 aliphatic rings. The van der Waals surface area contributed by atoms with Crippen molar-refractivity contribution in [1.82, 2.24) is 0 Å². The van der Waals surface area contributed by atoms with Crippen LogP contribution in [0, 0.1) is 12.7 Å². The van der Waals surface area contributed by atoms with Crippen molar-refractivity contribution in [2.24, 2.45) is 5.73 Å². The van der Waals surface area contributed by atoms with Crippen molar-refractivity contribution in [2.75, 3.05) is 6.54 Å². The molecular weight excluding hydrogens is 249 g/mol. The van der Waals surface area contributed by atoms with Gasteiger partial charge in [0, 0.05) is 0 Å². The Kier molecular flexibility index (Phi) is 5.31. The topological polar surface area (TPSA) is 26.0 Å². The number of hydrogen-bond donors (Lipinski definition) is 1. The van der Waals surface area contributed by atoms with Crippen molar-refractivity contribution in [2.45, 2.75) is 32.6 Å². The summed E-state index contributed by atoms with van der Waals surface area (Å²) in [5.41, 5.74) is 10.6. The van der Waals surface area contributed by atoms with Crippen molar-refractivity contribution in [3.05, 3.63) is 70.5 Å². The van der Waals surface area contributed by atoms with Crippen LogP contribution in [0.15, 0.2) is 42.5 Å². The highest BCUT2D eigenvalue weighted by molar-refractivity contribution is 5.31. The third kappa shape index (κ3) is 3.91. The Hall–Kier alpha value is -1.67. The number of rotatable bonds is 6. The summed E-state index contributed by atoms with van der Waals surface area (Å²) in [7, 11) is 0. The van der Waals surface area contributed by atoms with Gasteiger partial charge in [-0.25, -0.2) is 4.39 Å². The van der Waals surface area contributed by atoms with Crippen LogP contribution in [0.25, 0.3) is 0 Å². The molecule has 0 heterocycles. The van der Waals surface area contributed by atoms with E-state index in [1.807, 2.05) is 6.07 Å². The zero-order valence-corrected chi connectivity index (χ0v) is 12.0. The molecule has 2 N–H and O–H groups in total. The van der Waals surface area contributed by atoms with Crippen LogP contribution in [0.1, 0.15) is 28.7 Å². The van der Waals surface area contributed by atoms with Gasteiger partial charge in [0.15, 0.2) is 0 Å². The van der Waals surface area contributed by atoms with E-state index in [4.69, 9.17) is 5.73 Å². The largest absolute Gasteiger partial charge is 0.330 e. The van der Waals surface area contributed by atoms with Crippen LogP contribution in [-0.2, 0) is 19.3 Å². The lowest BCUT2D eigenvalue weighted by Crippen LogP contribution is -2.04. The predicted molar refractivity (Wildman–Crippen MR) is 82.4 cm³/mol. The molecule has 0 saturated heterocycles. The van der Waals surface area contributed by atoms with Gasteiger partial charge in [0.1, 0.15) is 5.82 Å². The highest BCUT2D eigenvalue weighted by Gasteiger charge is 2.05. The summed E-state index contributed by atoms with van der Waals surface area (Å²) in [6, 6.07) is 13.6. The maximum atomic E-state index is 13.4. The first kappa shape index (κ1) is 14.7. The van der Waals surface area contributed by atoms with E-state index in [-0.39, 0.29) is 5.82 Å². The predicted octanol–water partition coefficient (Wildman–Crippen LogP) is 3.81. The van der Waals surface area contributed by atoms with Crippen molar-refractivity contribution in [3.63, 3.8) is 0 Å². The fourth-order valence-electron chi connectivity index (χ4n) is 2.52. The zero-order valence-electron chi connectivity index (χ0n) is 12.0. The lowest BCUT2D eigenvalue weighted by molar-refractivity contribution is 0.623. The second-order valence-electron chi connectivity index (χ2n) is 5.23. The quantitative estimate of drug-likeness (QED) is 0.849. The summed E-state index contributed by atoms with van der Waals surface area (Å²) in [5.74, 6) is -0.156. The van der Waals surface area contributed by atoms with Crippen LogP contribution in [0.3, 0.4) is 0 Å². The van der Waals surface area contributed by atoms with E-state index in [9.17, 15) is 4.39 Å². The Labute approximate surface area is 120 Å². The molecule has 0 aliphatic carbocycles. The molecule has 0 saturated carbocycles. The lowest BCUT2D eigenvalue weighted by Gasteiger charge is -2.11. The van der Waals surface area contributed by atoms with Gasteiger partial charge in [-0.1, -0.05) is 30.3 Å². The molecule has 2 aromatic rings. The molecule has 0 amide bonds. The van der Waals surface area contributed by atoms with Gasteiger partial charge in [-0.2, -0.15) is 0 Å². The van der Waals surface area contributed by atoms with E-state index >= 15 is 0 Å². The average molecular weight is 271 g/mol. The number of hydrogen-bond acceptors (Lipinski definition) is 1. The van der Waals surface area contributed by atoms with Gasteiger partial charge in [0.05, 0.1) is 0 Å². The monoisotopic (exact) mass is 271 g/mol. The number of aryl methyl sites for hydroxylation is 4. The van der Waals surface area contributed by atoms with Gasteiger partial charge in [0.25, 0.3) is 0 Å². The molecule has 0 aliphatic heterocycles. The third-order valence-electron chi connectivity index (χ3n) is 3.74. The number of benzene rings is 2. The Balaban J connectivity index is 2.10. The van der Waals surface area contributed by atoms with E-state index in [1.54, 1.807) is 12.1 Å². The van der Waals surface area contributed by atoms with Gasteiger partial charge in [-0.3, -0.25) is 0 Å². The Morgan fingerprint density at radius 3 is 2.40 bits per heavy atom. The first-order valence-corrected chi connectivity index (χ1v) is 7.22. The molecule has 20 heavy (non-hydrogen) atoms. The first-order valence-electron chi connectivity index (χ1n) is 7.22. The molecular formula is C18H22FN. The zero-order chi connectivity index (χ0) is 14.4. The Morgan fingerprint density at radius 2 is 1.65 bits per heavy atom. The third-order valence-corrected chi connectivity index (χ3v) is 3.74. The maximum Gasteiger partial charge on any atom is 0.123 e. The van der Waals surface area contributed by atoms with E-state index in [0.29, 0.717) is 6.54 Å². The fourth-order valence-corrected chi connectivity index (χ4v) is 2.52. The Morgan fingerprint density at radius 1 is 0.900 bits per heavy atom. The molecule has 0 unspecified atom stereocenters. The molecule has 0 spiro atoms. The second-order valence-corrected chi connectivity index (χ2v) is 5.23. The summed E-state index contributed by atoms with van der Waals surface area (Å²) in [6.45, 7) is 2.78. The molecule has 1 nitrogen and oxygen atoms in total. The van der Waals surface area contributed by atoms with Crippen molar-refractivity contribution < 1.29 is 4.39 Å². The van der Waals surface area contributed by atoms with Gasteiger partial charge in [-0.05, 0) is 73.5 Å². The highest BCUT2D eigenvalue weighted by Crippen LogP contribution is 2.17. The van der Waals surface area contributed by atoms with Crippen LogP contribution >= 0.6 is 0 Å². The minimum Gasteiger partial charge on any atom is -0.330 e. The van der Waals surface area contributed by atoms with Gasteiger partial charge in [-0.15, -0.1) is 0 Å². The molecule has 0 aromatic heterocycles. The molecule has 0 radical (unpaired) electrons. The van der Waals surface area contributed by atoms with Crippen molar-refractivity contribution >= 4 is 0 Å². The maximum absolute atomic E-state index is 13.4. The summed E-state index contributed by atoms with van der Waals surface area (Å²) < 4.78 is 13.4. The SMILES string of the molecule is Cc1ccccc1CCc1ccc(F)cc1CCCN. The van der Waals surface area contributed by atoms with E-state index in [2.05, 4.69) is 31.2 Å². The summed E-state index contributed by atoms with van der Waals surface area (Å²) >= 11 is 0. The Bertz CT molecular complexity index is 563. The van der Waals surface area contributed by atoms with E-state index in [0.717, 1.165) is 31.2 Å². The summed E-state index contributed by atoms with van der Waals surface area (Å²) in [6.07, 6.45) is 3.71. The van der Waals surface area contributed by atoms with Gasteiger partial charge in [0.2, 0.25) is 0 Å². The summed E-state index contributed by atoms with van der Waals surface area (Å²) in [4.78, 5) is 0. The van der Waals surface area contributed by atoms with E-state index < -0.39 is 0 Å². The van der Waals surface area contributed by atoms with Crippen LogP contribution in [-0.4, -0.2) is 6.54 Å².